The van der Waals surface area contributed by atoms with Crippen molar-refractivity contribution in [2.75, 3.05) is 6.61 Å². The van der Waals surface area contributed by atoms with Gasteiger partial charge in [0.1, 0.15) is 5.82 Å². The molecule has 7 nitrogen and oxygen atoms in total. The summed E-state index contributed by atoms with van der Waals surface area (Å²) < 4.78 is 20.0. The van der Waals surface area contributed by atoms with Crippen molar-refractivity contribution in [2.45, 2.75) is 26.3 Å². The molecule has 0 saturated carbocycles. The summed E-state index contributed by atoms with van der Waals surface area (Å²) in [4.78, 5) is 24.2. The lowest BCUT2D eigenvalue weighted by atomic mass is 10.1. The second kappa shape index (κ2) is 5.47. The molecule has 1 aromatic heterocycles. The van der Waals surface area contributed by atoms with Crippen LogP contribution in [0.1, 0.15) is 20.8 Å². The van der Waals surface area contributed by atoms with Crippen LogP contribution < -0.4 is 5.69 Å². The number of hydrogen-bond acceptors (Lipinski definition) is 5. The van der Waals surface area contributed by atoms with E-state index in [0.29, 0.717) is 0 Å². The van der Waals surface area contributed by atoms with E-state index in [4.69, 9.17) is 4.74 Å². The Morgan fingerprint density at radius 2 is 2.10 bits per heavy atom. The maximum absolute atomic E-state index is 13.2. The van der Waals surface area contributed by atoms with Crippen LogP contribution >= 0.6 is 0 Å². The van der Waals surface area contributed by atoms with Gasteiger partial charge in [-0.15, -0.1) is 0 Å². The Balaban J connectivity index is 2.46. The third kappa shape index (κ3) is 2.69. The maximum atomic E-state index is 13.2. The minimum atomic E-state index is -1.31. The number of ether oxygens (including phenoxy) is 1. The van der Waals surface area contributed by atoms with E-state index in [-0.39, 0.29) is 12.3 Å². The van der Waals surface area contributed by atoms with Crippen LogP contribution in [0.2, 0.25) is 0 Å². The minimum absolute atomic E-state index is 0.190. The minimum Gasteiger partial charge on any atom is -0.464 e. The van der Waals surface area contributed by atoms with Crippen molar-refractivity contribution in [3.05, 3.63) is 40.6 Å². The molecule has 112 valence electrons. The first-order valence-corrected chi connectivity index (χ1v) is 6.36. The number of aromatic nitrogens is 4. The van der Waals surface area contributed by atoms with Gasteiger partial charge in [-0.05, 0) is 49.4 Å². The van der Waals surface area contributed by atoms with Crippen LogP contribution in [-0.4, -0.2) is 32.4 Å². The predicted molar refractivity (Wildman–Crippen MR) is 71.5 cm³/mol. The van der Waals surface area contributed by atoms with E-state index >= 15 is 0 Å². The molecule has 0 N–H and O–H groups in total. The molecule has 0 saturated heterocycles. The fourth-order valence-electron chi connectivity index (χ4n) is 1.76. The summed E-state index contributed by atoms with van der Waals surface area (Å²) in [5.74, 6) is -1.10. The fraction of sp³-hybridized carbons (Fsp3) is 0.385. The van der Waals surface area contributed by atoms with Crippen LogP contribution in [0.25, 0.3) is 5.69 Å². The van der Waals surface area contributed by atoms with E-state index in [1.807, 2.05) is 0 Å². The van der Waals surface area contributed by atoms with Gasteiger partial charge in [-0.1, -0.05) is 6.07 Å². The molecule has 0 aliphatic heterocycles. The average Bonchev–Trinajstić information content (AvgIpc) is 2.81. The summed E-state index contributed by atoms with van der Waals surface area (Å²) in [6.07, 6.45) is 0. The number of hydrogen-bond donors (Lipinski definition) is 0. The van der Waals surface area contributed by atoms with Crippen molar-refractivity contribution in [1.82, 2.24) is 19.8 Å². The van der Waals surface area contributed by atoms with E-state index in [0.717, 1.165) is 15.4 Å². The van der Waals surface area contributed by atoms with Crippen molar-refractivity contribution < 1.29 is 13.9 Å². The van der Waals surface area contributed by atoms with Crippen molar-refractivity contribution >= 4 is 5.97 Å². The number of rotatable bonds is 4. The highest BCUT2D eigenvalue weighted by molar-refractivity contribution is 5.77. The Morgan fingerprint density at radius 3 is 2.71 bits per heavy atom. The van der Waals surface area contributed by atoms with Gasteiger partial charge in [0, 0.05) is 0 Å². The van der Waals surface area contributed by atoms with Gasteiger partial charge in [0.05, 0.1) is 12.3 Å². The first-order valence-electron chi connectivity index (χ1n) is 6.36. The van der Waals surface area contributed by atoms with E-state index in [2.05, 4.69) is 10.4 Å². The maximum Gasteiger partial charge on any atom is 0.369 e. The molecule has 2 aromatic rings. The molecule has 0 aliphatic rings. The molecule has 0 spiro atoms. The van der Waals surface area contributed by atoms with Gasteiger partial charge in [-0.3, -0.25) is 0 Å². The fourth-order valence-corrected chi connectivity index (χ4v) is 1.76. The number of tetrazole rings is 1. The summed E-state index contributed by atoms with van der Waals surface area (Å²) in [6.45, 7) is 4.85. The molecule has 1 heterocycles. The zero-order valence-electron chi connectivity index (χ0n) is 11.9. The lowest BCUT2D eigenvalue weighted by Crippen LogP contribution is -2.44. The number of halogens is 1. The molecule has 0 unspecified atom stereocenters. The van der Waals surface area contributed by atoms with Gasteiger partial charge in [0.2, 0.25) is 0 Å². The number of benzene rings is 1. The average molecular weight is 294 g/mol. The third-order valence-electron chi connectivity index (χ3n) is 2.94. The zero-order chi connectivity index (χ0) is 15.6. The molecule has 0 bridgehead atoms. The smallest absolute Gasteiger partial charge is 0.369 e. The van der Waals surface area contributed by atoms with E-state index in [9.17, 15) is 14.0 Å². The molecule has 21 heavy (non-hydrogen) atoms. The number of nitrogens with zero attached hydrogens (tertiary/aromatic N) is 4. The molecule has 0 fully saturated rings. The number of esters is 1. The SMILES string of the molecule is CCOC(=O)C(C)(C)n1nnn(-c2cccc(F)c2)c1=O. The largest absolute Gasteiger partial charge is 0.464 e. The van der Waals surface area contributed by atoms with E-state index < -0.39 is 23.0 Å². The van der Waals surface area contributed by atoms with Crippen molar-refractivity contribution in [3.8, 4) is 5.69 Å². The molecular formula is C13H15FN4O3. The normalized spacial score (nSPS) is 11.4. The second-order valence-electron chi connectivity index (χ2n) is 4.84. The zero-order valence-corrected chi connectivity index (χ0v) is 11.9. The van der Waals surface area contributed by atoms with Crippen molar-refractivity contribution in [3.63, 3.8) is 0 Å². The quantitative estimate of drug-likeness (QED) is 0.782. The molecule has 8 heteroatoms. The highest BCUT2D eigenvalue weighted by Gasteiger charge is 2.35. The van der Waals surface area contributed by atoms with Crippen molar-refractivity contribution in [1.29, 1.82) is 0 Å². The van der Waals surface area contributed by atoms with E-state index in [1.54, 1.807) is 6.92 Å². The van der Waals surface area contributed by atoms with Crippen LogP contribution in [0.15, 0.2) is 29.1 Å². The van der Waals surface area contributed by atoms with Crippen LogP contribution in [0.5, 0.6) is 0 Å². The Morgan fingerprint density at radius 1 is 1.38 bits per heavy atom. The summed E-state index contributed by atoms with van der Waals surface area (Å²) in [5.41, 5.74) is -1.73. The Kier molecular flexibility index (Phi) is 3.88. The first-order chi connectivity index (χ1) is 9.87. The first kappa shape index (κ1) is 14.9. The lowest BCUT2D eigenvalue weighted by Gasteiger charge is -2.20. The second-order valence-corrected chi connectivity index (χ2v) is 4.84. The van der Waals surface area contributed by atoms with Crippen LogP contribution in [0.4, 0.5) is 4.39 Å². The molecule has 0 atom stereocenters. The molecule has 2 rings (SSSR count). The standard InChI is InChI=1S/C13H15FN4O3/c1-4-21-11(19)13(2,3)18-12(20)17(15-16-18)10-7-5-6-9(14)8-10/h5-8H,4H2,1-3H3. The van der Waals surface area contributed by atoms with Crippen LogP contribution in [-0.2, 0) is 15.1 Å². The molecule has 1 aromatic carbocycles. The Labute approximate surface area is 119 Å². The summed E-state index contributed by atoms with van der Waals surface area (Å²) >= 11 is 0. The molecule has 0 amide bonds. The van der Waals surface area contributed by atoms with Crippen LogP contribution in [0.3, 0.4) is 0 Å². The molecule has 0 aliphatic carbocycles. The van der Waals surface area contributed by atoms with Crippen LogP contribution in [0, 0.1) is 5.82 Å². The van der Waals surface area contributed by atoms with Gasteiger partial charge in [-0.25, -0.2) is 14.0 Å². The Bertz CT molecular complexity index is 720. The van der Waals surface area contributed by atoms with Gasteiger partial charge in [0.25, 0.3) is 0 Å². The topological polar surface area (TPSA) is 79.0 Å². The van der Waals surface area contributed by atoms with Gasteiger partial charge in [0.15, 0.2) is 5.54 Å². The monoisotopic (exact) mass is 294 g/mol. The number of carbonyl (C=O) groups excluding carboxylic acids is 1. The van der Waals surface area contributed by atoms with Gasteiger partial charge in [-0.2, -0.15) is 9.36 Å². The summed E-state index contributed by atoms with van der Waals surface area (Å²) in [6, 6.07) is 5.37. The highest BCUT2D eigenvalue weighted by Crippen LogP contribution is 2.14. The summed E-state index contributed by atoms with van der Waals surface area (Å²) in [7, 11) is 0. The van der Waals surface area contributed by atoms with Gasteiger partial charge < -0.3 is 4.74 Å². The third-order valence-corrected chi connectivity index (χ3v) is 2.94. The Hall–Kier alpha value is -2.51. The summed E-state index contributed by atoms with van der Waals surface area (Å²) in [5, 5.41) is 7.37. The molecule has 0 radical (unpaired) electrons. The predicted octanol–water partition coefficient (Wildman–Crippen LogP) is 0.866. The van der Waals surface area contributed by atoms with E-state index in [1.165, 1.54) is 32.0 Å². The van der Waals surface area contributed by atoms with Gasteiger partial charge >= 0.3 is 11.7 Å². The highest BCUT2D eigenvalue weighted by atomic mass is 19.1. The van der Waals surface area contributed by atoms with Crippen molar-refractivity contribution in [2.24, 2.45) is 0 Å². The lowest BCUT2D eigenvalue weighted by molar-refractivity contribution is -0.152. The number of carbonyl (C=O) groups is 1. The molecular weight excluding hydrogens is 279 g/mol.